The number of rotatable bonds is 6. The van der Waals surface area contributed by atoms with Crippen LogP contribution in [0.2, 0.25) is 0 Å². The number of carbonyl (C=O) groups is 1. The average Bonchev–Trinajstić information content (AvgIpc) is 2.99. The average molecular weight is 425 g/mol. The maximum atomic E-state index is 12.9. The highest BCUT2D eigenvalue weighted by atomic mass is 79.9. The summed E-state index contributed by atoms with van der Waals surface area (Å²) in [6.07, 6.45) is 2.01. The summed E-state index contributed by atoms with van der Waals surface area (Å²) in [6, 6.07) is 1.89. The third-order valence-corrected chi connectivity index (χ3v) is 5.81. The molecule has 1 aromatic heterocycles. The highest BCUT2D eigenvalue weighted by Crippen LogP contribution is 2.34. The van der Waals surface area contributed by atoms with Gasteiger partial charge in [-0.2, -0.15) is 0 Å². The molecule has 5 nitrogen and oxygen atoms in total. The van der Waals surface area contributed by atoms with E-state index in [9.17, 15) is 4.79 Å². The quantitative estimate of drug-likeness (QED) is 0.597. The van der Waals surface area contributed by atoms with Crippen LogP contribution in [0.15, 0.2) is 16.7 Å². The minimum atomic E-state index is -0.268. The van der Waals surface area contributed by atoms with Crippen LogP contribution in [0.25, 0.3) is 16.6 Å². The van der Waals surface area contributed by atoms with Crippen LogP contribution in [-0.4, -0.2) is 58.2 Å². The molecule has 27 heavy (non-hydrogen) atoms. The number of aromatic amines is 1. The van der Waals surface area contributed by atoms with Crippen molar-refractivity contribution in [2.75, 3.05) is 26.7 Å². The zero-order chi connectivity index (χ0) is 19.7. The highest BCUT2D eigenvalue weighted by molar-refractivity contribution is 9.10. The van der Waals surface area contributed by atoms with Gasteiger partial charge in [0.15, 0.2) is 0 Å². The van der Waals surface area contributed by atoms with Crippen LogP contribution in [0.3, 0.4) is 0 Å². The Morgan fingerprint density at radius 3 is 2.74 bits per heavy atom. The Bertz CT molecular complexity index is 905. The lowest BCUT2D eigenvalue weighted by atomic mass is 9.77. The number of H-pyrrole nitrogens is 1. The molecule has 0 aliphatic carbocycles. The van der Waals surface area contributed by atoms with Crippen molar-refractivity contribution < 1.29 is 4.79 Å². The van der Waals surface area contributed by atoms with Gasteiger partial charge < -0.3 is 20.5 Å². The van der Waals surface area contributed by atoms with Gasteiger partial charge in [0.2, 0.25) is 5.91 Å². The van der Waals surface area contributed by atoms with E-state index in [4.69, 9.17) is 15.7 Å². The molecule has 1 aliphatic rings. The summed E-state index contributed by atoms with van der Waals surface area (Å²) in [7, 11) is 14.2. The fraction of sp³-hybridized carbons (Fsp3) is 0.421. The van der Waals surface area contributed by atoms with Crippen LogP contribution < -0.4 is 21.6 Å². The Balaban J connectivity index is 2.11. The number of halogens is 1. The molecule has 0 unspecified atom stereocenters. The van der Waals surface area contributed by atoms with Gasteiger partial charge in [0, 0.05) is 53.9 Å². The second-order valence-corrected chi connectivity index (χ2v) is 7.50. The summed E-state index contributed by atoms with van der Waals surface area (Å²) in [6.45, 7) is 6.60. The lowest BCUT2D eigenvalue weighted by Gasteiger charge is -2.26. The first-order valence-electron chi connectivity index (χ1n) is 9.20. The van der Waals surface area contributed by atoms with E-state index in [-0.39, 0.29) is 11.8 Å². The Labute approximate surface area is 171 Å². The van der Waals surface area contributed by atoms with Gasteiger partial charge in [0.1, 0.15) is 15.7 Å². The third kappa shape index (κ3) is 3.57. The Hall–Kier alpha value is -1.66. The monoisotopic (exact) mass is 424 g/mol. The minimum absolute atomic E-state index is 0.115. The van der Waals surface area contributed by atoms with E-state index in [1.165, 1.54) is 0 Å². The van der Waals surface area contributed by atoms with Crippen molar-refractivity contribution >= 4 is 65.1 Å². The van der Waals surface area contributed by atoms with Crippen molar-refractivity contribution in [3.8, 4) is 0 Å². The predicted octanol–water partition coefficient (Wildman–Crippen LogP) is 0.666. The van der Waals surface area contributed by atoms with Gasteiger partial charge in [-0.15, -0.1) is 5.46 Å². The summed E-state index contributed by atoms with van der Waals surface area (Å²) in [5.74, 6) is -0.153. The van der Waals surface area contributed by atoms with Gasteiger partial charge in [-0.1, -0.05) is 11.5 Å². The van der Waals surface area contributed by atoms with E-state index in [0.29, 0.717) is 37.1 Å². The molecule has 0 saturated heterocycles. The fourth-order valence-electron chi connectivity index (χ4n) is 3.67. The van der Waals surface area contributed by atoms with Crippen LogP contribution in [0.5, 0.6) is 0 Å². The molecule has 1 aliphatic heterocycles. The zero-order valence-corrected chi connectivity index (χ0v) is 17.5. The first-order valence-corrected chi connectivity index (χ1v) is 9.99. The SMILES string of the molecule is [B]c1cc2c3c(c(Br)[nH]c3c1[B])CN/C2=C\[C@H](CNC)C(=O)N(CC)CC. The number of benzene rings is 1. The van der Waals surface area contributed by atoms with Gasteiger partial charge >= 0.3 is 0 Å². The molecule has 0 bridgehead atoms. The first-order chi connectivity index (χ1) is 12.9. The lowest BCUT2D eigenvalue weighted by molar-refractivity contribution is -0.133. The molecule has 0 spiro atoms. The van der Waals surface area contributed by atoms with Gasteiger partial charge in [0.25, 0.3) is 0 Å². The van der Waals surface area contributed by atoms with Crippen LogP contribution in [0, 0.1) is 5.92 Å². The molecule has 138 valence electrons. The lowest BCUT2D eigenvalue weighted by Crippen LogP contribution is -2.39. The van der Waals surface area contributed by atoms with Crippen molar-refractivity contribution in [2.24, 2.45) is 5.92 Å². The van der Waals surface area contributed by atoms with Crippen LogP contribution in [-0.2, 0) is 11.3 Å². The van der Waals surface area contributed by atoms with Crippen molar-refractivity contribution in [3.63, 3.8) is 0 Å². The minimum Gasteiger partial charge on any atom is -0.381 e. The van der Waals surface area contributed by atoms with Gasteiger partial charge in [-0.05, 0) is 42.9 Å². The standard InChI is InChI=1S/C19H23B2BrN4O/c1-4-26(5-2)19(27)10(8-23-3)6-14-11-7-13(20)16(21)17-15(11)12(9-24-14)18(22)25-17/h6-7,10,23-25H,4-5,8-9H2,1-3H3/b14-6-/t10-/m1/s1. The van der Waals surface area contributed by atoms with Crippen molar-refractivity contribution in [1.82, 2.24) is 20.5 Å². The van der Waals surface area contributed by atoms with Crippen LogP contribution in [0.1, 0.15) is 25.0 Å². The molecule has 1 aromatic carbocycles. The predicted molar refractivity (Wildman–Crippen MR) is 117 cm³/mol. The molecule has 8 heteroatoms. The number of hydrogen-bond acceptors (Lipinski definition) is 3. The molecule has 4 radical (unpaired) electrons. The van der Waals surface area contributed by atoms with Crippen molar-refractivity contribution in [1.29, 1.82) is 0 Å². The first kappa shape index (κ1) is 20.1. The Morgan fingerprint density at radius 1 is 1.41 bits per heavy atom. The molecular weight excluding hydrogens is 402 g/mol. The fourth-order valence-corrected chi connectivity index (χ4v) is 4.21. The van der Waals surface area contributed by atoms with E-state index >= 15 is 0 Å². The third-order valence-electron chi connectivity index (χ3n) is 5.13. The number of hydrogen-bond donors (Lipinski definition) is 3. The maximum absolute atomic E-state index is 12.9. The second kappa shape index (κ2) is 8.15. The number of aromatic nitrogens is 1. The van der Waals surface area contributed by atoms with E-state index in [2.05, 4.69) is 31.5 Å². The molecule has 3 N–H and O–H groups in total. The maximum Gasteiger partial charge on any atom is 0.230 e. The summed E-state index contributed by atoms with van der Waals surface area (Å²) in [4.78, 5) is 18.1. The Morgan fingerprint density at radius 2 is 2.11 bits per heavy atom. The van der Waals surface area contributed by atoms with Gasteiger partial charge in [-0.3, -0.25) is 4.79 Å². The van der Waals surface area contributed by atoms with E-state index in [0.717, 1.165) is 32.3 Å². The molecule has 2 heterocycles. The zero-order valence-electron chi connectivity index (χ0n) is 15.9. The molecular formula is C19H23B2BrN4O. The summed E-state index contributed by atoms with van der Waals surface area (Å²) in [5.41, 5.74) is 4.89. The Kier molecular flexibility index (Phi) is 6.06. The van der Waals surface area contributed by atoms with E-state index < -0.39 is 0 Å². The van der Waals surface area contributed by atoms with Crippen molar-refractivity contribution in [3.05, 3.63) is 27.9 Å². The molecule has 1 atom stereocenters. The number of carbonyl (C=O) groups excluding carboxylic acids is 1. The van der Waals surface area contributed by atoms with Crippen molar-refractivity contribution in [2.45, 2.75) is 20.4 Å². The largest absolute Gasteiger partial charge is 0.381 e. The smallest absolute Gasteiger partial charge is 0.230 e. The molecule has 0 saturated carbocycles. The number of amides is 1. The molecule has 3 rings (SSSR count). The molecule has 2 aromatic rings. The summed E-state index contributed by atoms with van der Waals surface area (Å²) < 4.78 is 0.897. The van der Waals surface area contributed by atoms with Gasteiger partial charge in [-0.25, -0.2) is 0 Å². The second-order valence-electron chi connectivity index (χ2n) is 6.70. The number of nitrogens with zero attached hydrogens (tertiary/aromatic N) is 1. The summed E-state index contributed by atoms with van der Waals surface area (Å²) >= 11 is 3.57. The molecule has 0 fully saturated rings. The normalized spacial score (nSPS) is 15.8. The number of nitrogens with one attached hydrogen (secondary N) is 3. The van der Waals surface area contributed by atoms with E-state index in [1.807, 2.05) is 37.9 Å². The highest BCUT2D eigenvalue weighted by Gasteiger charge is 2.26. The topological polar surface area (TPSA) is 60.2 Å². The van der Waals surface area contributed by atoms with Crippen LogP contribution >= 0.6 is 15.9 Å². The van der Waals surface area contributed by atoms with E-state index in [1.54, 1.807) is 0 Å². The molecule has 1 amide bonds. The van der Waals surface area contributed by atoms with Crippen LogP contribution in [0.4, 0.5) is 0 Å². The summed E-state index contributed by atoms with van der Waals surface area (Å²) in [5, 5.41) is 7.63. The van der Waals surface area contributed by atoms with Gasteiger partial charge in [0.05, 0.1) is 10.5 Å².